The minimum atomic E-state index is -0.152. The fourth-order valence-corrected chi connectivity index (χ4v) is 4.15. The number of aromatic nitrogens is 4. The van der Waals surface area contributed by atoms with Gasteiger partial charge in [0.05, 0.1) is 11.4 Å². The molecule has 0 saturated heterocycles. The van der Waals surface area contributed by atoms with Crippen LogP contribution in [0, 0.1) is 13.8 Å². The highest BCUT2D eigenvalue weighted by atomic mass is 32.2. The Hall–Kier alpha value is -3.78. The first-order valence-corrected chi connectivity index (χ1v) is 11.4. The molecule has 1 N–H and O–H groups in total. The summed E-state index contributed by atoms with van der Waals surface area (Å²) in [7, 11) is 0. The van der Waals surface area contributed by atoms with E-state index >= 15 is 0 Å². The predicted octanol–water partition coefficient (Wildman–Crippen LogP) is 4.88. The molecule has 2 aromatic carbocycles. The van der Waals surface area contributed by atoms with E-state index < -0.39 is 0 Å². The van der Waals surface area contributed by atoms with E-state index in [0.717, 1.165) is 16.8 Å². The molecular formula is C25H23N5O2S. The first kappa shape index (κ1) is 22.4. The van der Waals surface area contributed by atoms with Crippen LogP contribution in [0.4, 0.5) is 5.69 Å². The van der Waals surface area contributed by atoms with Gasteiger partial charge in [-0.05, 0) is 73.5 Å². The summed E-state index contributed by atoms with van der Waals surface area (Å²) in [6.45, 7) is 5.58. The van der Waals surface area contributed by atoms with E-state index in [2.05, 4.69) is 46.5 Å². The minimum absolute atomic E-state index is 0.0329. The molecule has 0 atom stereocenters. The van der Waals surface area contributed by atoms with E-state index in [1.165, 1.54) is 24.2 Å². The summed E-state index contributed by atoms with van der Waals surface area (Å²) in [5.41, 5.74) is 5.41. The zero-order valence-electron chi connectivity index (χ0n) is 18.6. The Morgan fingerprint density at radius 1 is 0.939 bits per heavy atom. The van der Waals surface area contributed by atoms with Crippen molar-refractivity contribution in [1.29, 1.82) is 0 Å². The zero-order chi connectivity index (χ0) is 23.4. The van der Waals surface area contributed by atoms with E-state index in [9.17, 15) is 9.59 Å². The molecule has 0 fully saturated rings. The Morgan fingerprint density at radius 2 is 1.67 bits per heavy atom. The molecule has 166 valence electrons. The molecule has 0 bridgehead atoms. The van der Waals surface area contributed by atoms with Crippen molar-refractivity contribution in [2.45, 2.75) is 25.9 Å². The molecule has 8 heteroatoms. The normalized spacial score (nSPS) is 10.8. The smallest absolute Gasteiger partial charge is 0.221 e. The number of hydrogen-bond acceptors (Lipinski definition) is 6. The molecule has 0 saturated carbocycles. The lowest BCUT2D eigenvalue weighted by Gasteiger charge is -2.12. The number of anilines is 1. The number of nitrogens with one attached hydrogen (secondary N) is 1. The minimum Gasteiger partial charge on any atom is -0.326 e. The molecule has 2 aromatic heterocycles. The van der Waals surface area contributed by atoms with Gasteiger partial charge in [0, 0.05) is 36.1 Å². The molecule has 1 amide bonds. The van der Waals surface area contributed by atoms with Crippen LogP contribution in [0.1, 0.15) is 28.4 Å². The molecule has 2 heterocycles. The monoisotopic (exact) mass is 457 g/mol. The molecule has 4 rings (SSSR count). The van der Waals surface area contributed by atoms with Crippen LogP contribution in [0.5, 0.6) is 0 Å². The summed E-state index contributed by atoms with van der Waals surface area (Å²) in [5, 5.41) is 12.1. The van der Waals surface area contributed by atoms with Crippen LogP contribution in [0.25, 0.3) is 17.1 Å². The van der Waals surface area contributed by atoms with Crippen molar-refractivity contribution in [1.82, 2.24) is 19.7 Å². The summed E-state index contributed by atoms with van der Waals surface area (Å²) < 4.78 is 1.97. The van der Waals surface area contributed by atoms with Gasteiger partial charge in [-0.1, -0.05) is 17.8 Å². The molecule has 0 unspecified atom stereocenters. The third kappa shape index (κ3) is 5.18. The third-order valence-electron chi connectivity index (χ3n) is 5.18. The summed E-state index contributed by atoms with van der Waals surface area (Å²) >= 11 is 1.34. The highest BCUT2D eigenvalue weighted by molar-refractivity contribution is 7.99. The van der Waals surface area contributed by atoms with Crippen LogP contribution < -0.4 is 5.32 Å². The lowest BCUT2D eigenvalue weighted by Crippen LogP contribution is -2.07. The lowest BCUT2D eigenvalue weighted by molar-refractivity contribution is -0.114. The second-order valence-electron chi connectivity index (χ2n) is 7.62. The second kappa shape index (κ2) is 9.79. The average Bonchev–Trinajstić information content (AvgIpc) is 3.24. The van der Waals surface area contributed by atoms with Gasteiger partial charge < -0.3 is 5.32 Å². The van der Waals surface area contributed by atoms with Gasteiger partial charge in [0.1, 0.15) is 0 Å². The van der Waals surface area contributed by atoms with E-state index in [4.69, 9.17) is 0 Å². The van der Waals surface area contributed by atoms with Crippen molar-refractivity contribution in [2.24, 2.45) is 0 Å². The van der Waals surface area contributed by atoms with Crippen LogP contribution >= 0.6 is 11.8 Å². The number of carbonyl (C=O) groups excluding carboxylic acids is 2. The van der Waals surface area contributed by atoms with Gasteiger partial charge in [-0.15, -0.1) is 10.2 Å². The Kier molecular flexibility index (Phi) is 6.65. The number of hydrogen-bond donors (Lipinski definition) is 1. The zero-order valence-corrected chi connectivity index (χ0v) is 19.4. The Morgan fingerprint density at radius 3 is 2.33 bits per heavy atom. The number of amides is 1. The SMILES string of the molecule is CC(=O)Nc1ccc(C(=O)CSc2nnc(-c3ccncc3)n2-c2ccc(C)c(C)c2)cc1. The fourth-order valence-electron chi connectivity index (χ4n) is 3.30. The molecular weight excluding hydrogens is 434 g/mol. The highest BCUT2D eigenvalue weighted by Gasteiger charge is 2.18. The summed E-state index contributed by atoms with van der Waals surface area (Å²) in [6.07, 6.45) is 3.44. The molecule has 33 heavy (non-hydrogen) atoms. The van der Waals surface area contributed by atoms with Crippen molar-refractivity contribution in [3.05, 3.63) is 83.7 Å². The Labute approximate surface area is 196 Å². The van der Waals surface area contributed by atoms with Crippen LogP contribution in [0.3, 0.4) is 0 Å². The van der Waals surface area contributed by atoms with Crippen molar-refractivity contribution in [2.75, 3.05) is 11.1 Å². The number of thioether (sulfide) groups is 1. The standard InChI is InChI=1S/C25H23N5O2S/c1-16-4-9-22(14-17(16)2)30-24(20-10-12-26-13-11-20)28-29-25(30)33-15-23(32)19-5-7-21(8-6-19)27-18(3)31/h4-14H,15H2,1-3H3,(H,27,31). The summed E-state index contributed by atoms with van der Waals surface area (Å²) in [5.74, 6) is 0.712. The summed E-state index contributed by atoms with van der Waals surface area (Å²) in [6, 6.07) is 16.8. The second-order valence-corrected chi connectivity index (χ2v) is 8.56. The quantitative estimate of drug-likeness (QED) is 0.314. The Bertz CT molecular complexity index is 1300. The van der Waals surface area contributed by atoms with E-state index in [0.29, 0.717) is 22.2 Å². The van der Waals surface area contributed by atoms with Crippen molar-refractivity contribution >= 4 is 29.1 Å². The number of nitrogens with zero attached hydrogens (tertiary/aromatic N) is 4. The molecule has 0 aliphatic carbocycles. The van der Waals surface area contributed by atoms with Gasteiger partial charge in [-0.2, -0.15) is 0 Å². The van der Waals surface area contributed by atoms with Gasteiger partial charge in [0.25, 0.3) is 0 Å². The number of aryl methyl sites for hydroxylation is 2. The third-order valence-corrected chi connectivity index (χ3v) is 6.11. The van der Waals surface area contributed by atoms with Crippen LogP contribution in [0.2, 0.25) is 0 Å². The van der Waals surface area contributed by atoms with Gasteiger partial charge in [0.15, 0.2) is 16.8 Å². The van der Waals surface area contributed by atoms with E-state index in [1.807, 2.05) is 22.8 Å². The van der Waals surface area contributed by atoms with E-state index in [-0.39, 0.29) is 17.4 Å². The maximum atomic E-state index is 12.8. The number of benzene rings is 2. The predicted molar refractivity (Wildman–Crippen MR) is 130 cm³/mol. The van der Waals surface area contributed by atoms with Crippen molar-refractivity contribution in [3.63, 3.8) is 0 Å². The van der Waals surface area contributed by atoms with Crippen LogP contribution in [0.15, 0.2) is 72.1 Å². The molecule has 0 spiro atoms. The molecule has 4 aromatic rings. The summed E-state index contributed by atoms with van der Waals surface area (Å²) in [4.78, 5) is 28.1. The first-order chi connectivity index (χ1) is 15.9. The van der Waals surface area contributed by atoms with Gasteiger partial charge in [-0.3, -0.25) is 19.1 Å². The topological polar surface area (TPSA) is 89.8 Å². The number of ketones is 1. The number of rotatable bonds is 7. The maximum absolute atomic E-state index is 12.8. The number of pyridine rings is 1. The highest BCUT2D eigenvalue weighted by Crippen LogP contribution is 2.29. The van der Waals surface area contributed by atoms with Gasteiger partial charge in [-0.25, -0.2) is 0 Å². The maximum Gasteiger partial charge on any atom is 0.221 e. The number of Topliss-reactive ketones (excluding diaryl/α,β-unsaturated/α-hetero) is 1. The fraction of sp³-hybridized carbons (Fsp3) is 0.160. The lowest BCUT2D eigenvalue weighted by atomic mass is 10.1. The number of carbonyl (C=O) groups is 2. The van der Waals surface area contributed by atoms with Gasteiger partial charge >= 0.3 is 0 Å². The molecule has 0 aliphatic heterocycles. The van der Waals surface area contributed by atoms with E-state index in [1.54, 1.807) is 36.7 Å². The molecule has 7 nitrogen and oxygen atoms in total. The van der Waals surface area contributed by atoms with Gasteiger partial charge in [0.2, 0.25) is 5.91 Å². The largest absolute Gasteiger partial charge is 0.326 e. The van der Waals surface area contributed by atoms with Crippen LogP contribution in [-0.4, -0.2) is 37.2 Å². The van der Waals surface area contributed by atoms with Crippen molar-refractivity contribution < 1.29 is 9.59 Å². The molecule has 0 radical (unpaired) electrons. The van der Waals surface area contributed by atoms with Crippen molar-refractivity contribution in [3.8, 4) is 17.1 Å². The average molecular weight is 458 g/mol. The molecule has 0 aliphatic rings. The van der Waals surface area contributed by atoms with Crippen LogP contribution in [-0.2, 0) is 4.79 Å². The Balaban J connectivity index is 1.61. The first-order valence-electron chi connectivity index (χ1n) is 10.4.